The monoisotopic (exact) mass is 291 g/mol. The predicted octanol–water partition coefficient (Wildman–Crippen LogP) is 3.24. The van der Waals surface area contributed by atoms with Gasteiger partial charge in [-0.15, -0.1) is 0 Å². The van der Waals surface area contributed by atoms with Gasteiger partial charge in [-0.25, -0.2) is 0 Å². The van der Waals surface area contributed by atoms with E-state index in [0.717, 1.165) is 16.9 Å². The van der Waals surface area contributed by atoms with Gasteiger partial charge >= 0.3 is 0 Å². The van der Waals surface area contributed by atoms with Crippen LogP contribution in [0.3, 0.4) is 0 Å². The molecule has 0 unspecified atom stereocenters. The smallest absolute Gasteiger partial charge is 0.188 e. The zero-order chi connectivity index (χ0) is 14.7. The number of rotatable bonds is 3. The van der Waals surface area contributed by atoms with Crippen LogP contribution >= 0.6 is 11.6 Å². The fraction of sp³-hybridized carbons (Fsp3) is 0.143. The minimum atomic E-state index is -0.0694. The normalized spacial score (nSPS) is 11.4. The van der Waals surface area contributed by atoms with Gasteiger partial charge in [-0.2, -0.15) is 0 Å². The first-order chi connectivity index (χ1) is 9.51. The van der Waals surface area contributed by atoms with Crippen LogP contribution in [-0.4, -0.2) is 16.0 Å². The molecule has 0 aliphatic carbocycles. The van der Waals surface area contributed by atoms with E-state index in [1.54, 1.807) is 12.1 Å². The van der Waals surface area contributed by atoms with Crippen molar-refractivity contribution in [1.82, 2.24) is 4.98 Å². The summed E-state index contributed by atoms with van der Waals surface area (Å²) in [6, 6.07) is 6.95. The third-order valence-electron chi connectivity index (χ3n) is 2.75. The lowest BCUT2D eigenvalue weighted by molar-refractivity contribution is 0.318. The topological polar surface area (TPSA) is 80.7 Å². The Labute approximate surface area is 121 Å². The SMILES string of the molecule is Cc1cc(Cl)cc(C)c1Oc1ccnc(C(N)=NO)c1. The van der Waals surface area contributed by atoms with Gasteiger partial charge in [0.2, 0.25) is 0 Å². The highest BCUT2D eigenvalue weighted by atomic mass is 35.5. The molecule has 6 heteroatoms. The second-order valence-corrected chi connectivity index (χ2v) is 4.77. The van der Waals surface area contributed by atoms with Gasteiger partial charge in [0, 0.05) is 17.3 Å². The largest absolute Gasteiger partial charge is 0.457 e. The maximum absolute atomic E-state index is 8.66. The summed E-state index contributed by atoms with van der Waals surface area (Å²) in [7, 11) is 0. The lowest BCUT2D eigenvalue weighted by atomic mass is 10.1. The highest BCUT2D eigenvalue weighted by Crippen LogP contribution is 2.31. The molecule has 0 amide bonds. The van der Waals surface area contributed by atoms with Gasteiger partial charge in [0.25, 0.3) is 0 Å². The van der Waals surface area contributed by atoms with Crippen molar-refractivity contribution in [2.24, 2.45) is 10.9 Å². The van der Waals surface area contributed by atoms with Crippen molar-refractivity contribution in [2.75, 3.05) is 0 Å². The summed E-state index contributed by atoms with van der Waals surface area (Å²) < 4.78 is 5.84. The zero-order valence-corrected chi connectivity index (χ0v) is 11.8. The molecule has 0 saturated heterocycles. The highest BCUT2D eigenvalue weighted by molar-refractivity contribution is 6.30. The van der Waals surface area contributed by atoms with E-state index < -0.39 is 0 Å². The van der Waals surface area contributed by atoms with Crippen LogP contribution in [0.5, 0.6) is 11.5 Å². The van der Waals surface area contributed by atoms with Crippen LogP contribution in [0.1, 0.15) is 16.8 Å². The van der Waals surface area contributed by atoms with Crippen LogP contribution in [0.4, 0.5) is 0 Å². The van der Waals surface area contributed by atoms with Gasteiger partial charge in [0.05, 0.1) is 0 Å². The Morgan fingerprint density at radius 2 is 1.95 bits per heavy atom. The Bertz CT molecular complexity index is 648. The summed E-state index contributed by atoms with van der Waals surface area (Å²) in [4.78, 5) is 3.99. The molecule has 0 radical (unpaired) electrons. The zero-order valence-electron chi connectivity index (χ0n) is 11.1. The Morgan fingerprint density at radius 3 is 2.55 bits per heavy atom. The molecule has 0 atom stereocenters. The number of nitrogens with zero attached hydrogens (tertiary/aromatic N) is 2. The van der Waals surface area contributed by atoms with Gasteiger partial charge in [0.15, 0.2) is 5.84 Å². The van der Waals surface area contributed by atoms with Crippen LogP contribution < -0.4 is 10.5 Å². The molecule has 1 aromatic heterocycles. The van der Waals surface area contributed by atoms with Crippen molar-refractivity contribution < 1.29 is 9.94 Å². The predicted molar refractivity (Wildman–Crippen MR) is 77.7 cm³/mol. The van der Waals surface area contributed by atoms with Gasteiger partial charge in [0.1, 0.15) is 17.2 Å². The van der Waals surface area contributed by atoms with Crippen molar-refractivity contribution in [1.29, 1.82) is 0 Å². The van der Waals surface area contributed by atoms with Crippen molar-refractivity contribution in [2.45, 2.75) is 13.8 Å². The molecule has 0 spiro atoms. The van der Waals surface area contributed by atoms with Gasteiger partial charge in [-0.3, -0.25) is 4.98 Å². The number of pyridine rings is 1. The van der Waals surface area contributed by atoms with Gasteiger partial charge in [-0.1, -0.05) is 16.8 Å². The number of halogens is 1. The molecule has 3 N–H and O–H groups in total. The standard InChI is InChI=1S/C14H14ClN3O2/c1-8-5-10(15)6-9(2)13(8)20-11-3-4-17-12(7-11)14(16)18-19/h3-7,19H,1-2H3,(H2,16,18). The Kier molecular flexibility index (Phi) is 4.10. The van der Waals surface area contributed by atoms with Crippen LogP contribution in [0.15, 0.2) is 35.6 Å². The van der Waals surface area contributed by atoms with E-state index in [1.165, 1.54) is 6.20 Å². The summed E-state index contributed by atoms with van der Waals surface area (Å²) in [6.45, 7) is 3.83. The number of hydrogen-bond acceptors (Lipinski definition) is 4. The maximum atomic E-state index is 8.66. The maximum Gasteiger partial charge on any atom is 0.188 e. The van der Waals surface area contributed by atoms with E-state index >= 15 is 0 Å². The summed E-state index contributed by atoms with van der Waals surface area (Å²) in [5, 5.41) is 12.2. The van der Waals surface area contributed by atoms with E-state index in [2.05, 4.69) is 10.1 Å². The quantitative estimate of drug-likeness (QED) is 0.394. The van der Waals surface area contributed by atoms with Crippen LogP contribution in [0.2, 0.25) is 5.02 Å². The molecule has 2 aromatic rings. The van der Waals surface area contributed by atoms with Crippen LogP contribution in [0, 0.1) is 13.8 Å². The van der Waals surface area contributed by atoms with E-state index in [4.69, 9.17) is 27.3 Å². The summed E-state index contributed by atoms with van der Waals surface area (Å²) in [6.07, 6.45) is 1.53. The average molecular weight is 292 g/mol. The molecule has 0 aliphatic heterocycles. The molecule has 1 aromatic carbocycles. The first kappa shape index (κ1) is 14.1. The first-order valence-corrected chi connectivity index (χ1v) is 6.27. The fourth-order valence-corrected chi connectivity index (χ4v) is 2.17. The van der Waals surface area contributed by atoms with E-state index in [0.29, 0.717) is 16.5 Å². The minimum Gasteiger partial charge on any atom is -0.457 e. The summed E-state index contributed by atoms with van der Waals surface area (Å²) >= 11 is 5.99. The Hall–Kier alpha value is -2.27. The molecule has 0 aliphatic rings. The molecule has 5 nitrogen and oxygen atoms in total. The molecule has 1 heterocycles. The summed E-state index contributed by atoms with van der Waals surface area (Å²) in [5.41, 5.74) is 7.70. The molecule has 0 bridgehead atoms. The van der Waals surface area contributed by atoms with E-state index in [1.807, 2.05) is 26.0 Å². The molecular formula is C14H14ClN3O2. The first-order valence-electron chi connectivity index (χ1n) is 5.90. The van der Waals surface area contributed by atoms with Crippen LogP contribution in [-0.2, 0) is 0 Å². The fourth-order valence-electron chi connectivity index (χ4n) is 1.84. The number of aryl methyl sites for hydroxylation is 2. The third-order valence-corrected chi connectivity index (χ3v) is 2.96. The molecule has 0 fully saturated rings. The lowest BCUT2D eigenvalue weighted by Crippen LogP contribution is -2.14. The van der Waals surface area contributed by atoms with Crippen molar-refractivity contribution in [3.8, 4) is 11.5 Å². The van der Waals surface area contributed by atoms with Gasteiger partial charge in [-0.05, 0) is 43.2 Å². The lowest BCUT2D eigenvalue weighted by Gasteiger charge is -2.12. The van der Waals surface area contributed by atoms with Crippen LogP contribution in [0.25, 0.3) is 0 Å². The van der Waals surface area contributed by atoms with Crippen molar-refractivity contribution >= 4 is 17.4 Å². The van der Waals surface area contributed by atoms with Crippen molar-refractivity contribution in [3.05, 3.63) is 52.3 Å². The number of ether oxygens (including phenoxy) is 1. The second kappa shape index (κ2) is 5.79. The molecular weight excluding hydrogens is 278 g/mol. The number of benzene rings is 1. The molecule has 20 heavy (non-hydrogen) atoms. The molecule has 2 rings (SSSR count). The van der Waals surface area contributed by atoms with Crippen molar-refractivity contribution in [3.63, 3.8) is 0 Å². The third kappa shape index (κ3) is 3.00. The Morgan fingerprint density at radius 1 is 1.30 bits per heavy atom. The van der Waals surface area contributed by atoms with E-state index in [9.17, 15) is 0 Å². The second-order valence-electron chi connectivity index (χ2n) is 4.33. The molecule has 0 saturated carbocycles. The van der Waals surface area contributed by atoms with Gasteiger partial charge < -0.3 is 15.7 Å². The Balaban J connectivity index is 2.36. The average Bonchev–Trinajstić information content (AvgIpc) is 2.42. The number of hydrogen-bond donors (Lipinski definition) is 2. The summed E-state index contributed by atoms with van der Waals surface area (Å²) in [5.74, 6) is 1.21. The number of amidine groups is 1. The number of aromatic nitrogens is 1. The molecule has 104 valence electrons. The number of oxime groups is 1. The number of nitrogens with two attached hydrogens (primary N) is 1. The minimum absolute atomic E-state index is 0.0694. The highest BCUT2D eigenvalue weighted by Gasteiger charge is 2.09. The van der Waals surface area contributed by atoms with E-state index in [-0.39, 0.29) is 5.84 Å².